The zero-order chi connectivity index (χ0) is 17.1. The molecule has 3 atom stereocenters. The van der Waals surface area contributed by atoms with E-state index in [0.29, 0.717) is 23.7 Å². The van der Waals surface area contributed by atoms with E-state index in [-0.39, 0.29) is 0 Å². The van der Waals surface area contributed by atoms with Gasteiger partial charge in [0, 0.05) is 31.9 Å². The molecular formula is C19H26N6. The summed E-state index contributed by atoms with van der Waals surface area (Å²) < 4.78 is 0. The molecule has 1 aromatic heterocycles. The molecule has 2 aliphatic rings. The minimum absolute atomic E-state index is 0.476. The Morgan fingerprint density at radius 1 is 1.20 bits per heavy atom. The molecule has 2 saturated heterocycles. The molecule has 2 aliphatic heterocycles. The van der Waals surface area contributed by atoms with Gasteiger partial charge in [-0.25, -0.2) is 4.98 Å². The second kappa shape index (κ2) is 7.37. The minimum Gasteiger partial charge on any atom is -0.384 e. The van der Waals surface area contributed by atoms with Crippen molar-refractivity contribution in [2.45, 2.75) is 25.3 Å². The fraction of sp³-hybridized carbons (Fsp3) is 0.474. The maximum Gasteiger partial charge on any atom is 0.227 e. The topological polar surface area (TPSA) is 79.1 Å². The number of hydrogen-bond acceptors (Lipinski definition) is 6. The van der Waals surface area contributed by atoms with Crippen molar-refractivity contribution >= 4 is 11.8 Å². The molecule has 0 aliphatic carbocycles. The molecule has 3 unspecified atom stereocenters. The van der Waals surface area contributed by atoms with E-state index in [0.717, 1.165) is 32.0 Å². The van der Waals surface area contributed by atoms with Crippen molar-refractivity contribution in [2.75, 3.05) is 30.3 Å². The maximum absolute atomic E-state index is 5.83. The van der Waals surface area contributed by atoms with Crippen LogP contribution in [-0.4, -0.2) is 35.6 Å². The van der Waals surface area contributed by atoms with E-state index in [9.17, 15) is 0 Å². The first kappa shape index (κ1) is 16.3. The molecule has 0 spiro atoms. The number of anilines is 2. The third kappa shape index (κ3) is 3.75. The van der Waals surface area contributed by atoms with Crippen LogP contribution in [0, 0.1) is 11.8 Å². The largest absolute Gasteiger partial charge is 0.384 e. The van der Waals surface area contributed by atoms with Gasteiger partial charge < -0.3 is 10.6 Å². The van der Waals surface area contributed by atoms with E-state index >= 15 is 0 Å². The highest BCUT2D eigenvalue weighted by atomic mass is 15.4. The standard InChI is InChI=1S/C19H26N6/c20-17-8-9-21-19(23-17)25-10-4-7-15(13-25)18-16(12-22-24-18)11-14-5-2-1-3-6-14/h1-3,5-6,8-9,15-16,18,22,24H,4,7,10-13H2,(H2,20,21,23). The Morgan fingerprint density at radius 3 is 2.92 bits per heavy atom. The molecule has 4 rings (SSSR count). The zero-order valence-electron chi connectivity index (χ0n) is 14.4. The average Bonchev–Trinajstić information content (AvgIpc) is 3.11. The van der Waals surface area contributed by atoms with Gasteiger partial charge in [-0.05, 0) is 42.7 Å². The van der Waals surface area contributed by atoms with Crippen LogP contribution < -0.4 is 21.5 Å². The van der Waals surface area contributed by atoms with Crippen molar-refractivity contribution in [3.8, 4) is 0 Å². The van der Waals surface area contributed by atoms with Crippen LogP contribution >= 0.6 is 0 Å². The zero-order valence-corrected chi connectivity index (χ0v) is 14.4. The molecule has 132 valence electrons. The summed E-state index contributed by atoms with van der Waals surface area (Å²) in [7, 11) is 0. The SMILES string of the molecule is Nc1ccnc(N2CCCC(C3NNCC3Cc3ccccc3)C2)n1. The van der Waals surface area contributed by atoms with Gasteiger partial charge in [-0.3, -0.25) is 10.9 Å². The van der Waals surface area contributed by atoms with Gasteiger partial charge in [0.25, 0.3) is 0 Å². The average molecular weight is 338 g/mol. The molecule has 6 heteroatoms. The van der Waals surface area contributed by atoms with E-state index in [4.69, 9.17) is 5.73 Å². The molecule has 25 heavy (non-hydrogen) atoms. The van der Waals surface area contributed by atoms with Crippen LogP contribution in [0.5, 0.6) is 0 Å². The lowest BCUT2D eigenvalue weighted by Gasteiger charge is -2.37. The van der Waals surface area contributed by atoms with E-state index in [1.54, 1.807) is 12.3 Å². The Kier molecular flexibility index (Phi) is 4.81. The van der Waals surface area contributed by atoms with Crippen molar-refractivity contribution in [3.05, 3.63) is 48.2 Å². The monoisotopic (exact) mass is 338 g/mol. The lowest BCUT2D eigenvalue weighted by atomic mass is 9.82. The fourth-order valence-electron chi connectivity index (χ4n) is 4.17. The Bertz CT molecular complexity index is 691. The highest BCUT2D eigenvalue weighted by Crippen LogP contribution is 2.29. The summed E-state index contributed by atoms with van der Waals surface area (Å²) in [6.07, 6.45) is 5.26. The van der Waals surface area contributed by atoms with Crippen molar-refractivity contribution in [3.63, 3.8) is 0 Å². The van der Waals surface area contributed by atoms with Crippen LogP contribution in [0.25, 0.3) is 0 Å². The summed E-state index contributed by atoms with van der Waals surface area (Å²) in [5.41, 5.74) is 14.2. The number of piperidine rings is 1. The van der Waals surface area contributed by atoms with Gasteiger partial charge in [-0.2, -0.15) is 4.98 Å². The van der Waals surface area contributed by atoms with Crippen LogP contribution in [0.3, 0.4) is 0 Å². The molecule has 2 aromatic rings. The Labute approximate surface area is 148 Å². The number of aromatic nitrogens is 2. The Balaban J connectivity index is 1.45. The quantitative estimate of drug-likeness (QED) is 0.786. The number of nitrogens with two attached hydrogens (primary N) is 1. The lowest BCUT2D eigenvalue weighted by Crippen LogP contribution is -2.47. The first-order chi connectivity index (χ1) is 12.3. The highest BCUT2D eigenvalue weighted by molar-refractivity contribution is 5.38. The third-order valence-corrected chi connectivity index (χ3v) is 5.39. The predicted octanol–water partition coefficient (Wildman–Crippen LogP) is 1.61. The minimum atomic E-state index is 0.476. The summed E-state index contributed by atoms with van der Waals surface area (Å²) in [6, 6.07) is 13.0. The number of rotatable bonds is 4. The molecular weight excluding hydrogens is 312 g/mol. The summed E-state index contributed by atoms with van der Waals surface area (Å²) in [5, 5.41) is 0. The van der Waals surface area contributed by atoms with E-state index < -0.39 is 0 Å². The van der Waals surface area contributed by atoms with Gasteiger partial charge in [0.2, 0.25) is 5.95 Å². The van der Waals surface area contributed by atoms with Crippen molar-refractivity contribution < 1.29 is 0 Å². The summed E-state index contributed by atoms with van der Waals surface area (Å²) >= 11 is 0. The molecule has 0 radical (unpaired) electrons. The Morgan fingerprint density at radius 2 is 2.08 bits per heavy atom. The summed E-state index contributed by atoms with van der Waals surface area (Å²) in [6.45, 7) is 3.00. The van der Waals surface area contributed by atoms with Gasteiger partial charge in [-0.1, -0.05) is 30.3 Å². The number of nitrogen functional groups attached to an aromatic ring is 1. The number of nitrogens with one attached hydrogen (secondary N) is 2. The van der Waals surface area contributed by atoms with E-state index in [1.807, 2.05) is 0 Å². The summed E-state index contributed by atoms with van der Waals surface area (Å²) in [5.74, 6) is 2.49. The van der Waals surface area contributed by atoms with Crippen molar-refractivity contribution in [2.24, 2.45) is 11.8 Å². The molecule has 0 bridgehead atoms. The van der Waals surface area contributed by atoms with Gasteiger partial charge in [0.1, 0.15) is 5.82 Å². The first-order valence-corrected chi connectivity index (χ1v) is 9.15. The maximum atomic E-state index is 5.83. The van der Waals surface area contributed by atoms with Crippen LogP contribution in [-0.2, 0) is 6.42 Å². The van der Waals surface area contributed by atoms with E-state index in [2.05, 4.69) is 56.1 Å². The molecule has 0 amide bonds. The number of nitrogens with zero attached hydrogens (tertiary/aromatic N) is 3. The first-order valence-electron chi connectivity index (χ1n) is 9.15. The van der Waals surface area contributed by atoms with Gasteiger partial charge in [-0.15, -0.1) is 0 Å². The van der Waals surface area contributed by atoms with Crippen molar-refractivity contribution in [1.82, 2.24) is 20.8 Å². The molecule has 2 fully saturated rings. The molecule has 1 aromatic carbocycles. The second-order valence-corrected chi connectivity index (χ2v) is 7.13. The highest BCUT2D eigenvalue weighted by Gasteiger charge is 2.36. The van der Waals surface area contributed by atoms with Crippen LogP contribution in [0.1, 0.15) is 18.4 Å². The fourth-order valence-corrected chi connectivity index (χ4v) is 4.17. The van der Waals surface area contributed by atoms with E-state index in [1.165, 1.54) is 18.4 Å². The normalized spacial score (nSPS) is 26.7. The molecule has 6 nitrogen and oxygen atoms in total. The van der Waals surface area contributed by atoms with Gasteiger partial charge in [0.15, 0.2) is 0 Å². The number of hydrazine groups is 1. The van der Waals surface area contributed by atoms with Gasteiger partial charge in [0.05, 0.1) is 0 Å². The van der Waals surface area contributed by atoms with Gasteiger partial charge >= 0.3 is 0 Å². The number of benzene rings is 1. The van der Waals surface area contributed by atoms with Crippen molar-refractivity contribution in [1.29, 1.82) is 0 Å². The Hall–Kier alpha value is -2.18. The predicted molar refractivity (Wildman–Crippen MR) is 99.9 cm³/mol. The molecule has 4 N–H and O–H groups in total. The van der Waals surface area contributed by atoms with Crippen LogP contribution in [0.15, 0.2) is 42.6 Å². The van der Waals surface area contributed by atoms with Crippen LogP contribution in [0.2, 0.25) is 0 Å². The smallest absolute Gasteiger partial charge is 0.227 e. The third-order valence-electron chi connectivity index (χ3n) is 5.39. The summed E-state index contributed by atoms with van der Waals surface area (Å²) in [4.78, 5) is 11.1. The number of hydrogen-bond donors (Lipinski definition) is 3. The lowest BCUT2D eigenvalue weighted by molar-refractivity contribution is 0.275. The van der Waals surface area contributed by atoms with Crippen LogP contribution in [0.4, 0.5) is 11.8 Å². The molecule has 0 saturated carbocycles. The molecule has 3 heterocycles. The second-order valence-electron chi connectivity index (χ2n) is 7.13.